The third-order valence-corrected chi connectivity index (χ3v) is 19.2. The first-order valence-electron chi connectivity index (χ1n) is 20.2. The fourth-order valence-electron chi connectivity index (χ4n) is 13.8. The van der Waals surface area contributed by atoms with E-state index in [9.17, 15) is 23.8 Å². The molecule has 51 heavy (non-hydrogen) atoms. The van der Waals surface area contributed by atoms with E-state index in [1.54, 1.807) is 25.5 Å². The van der Waals surface area contributed by atoms with Crippen LogP contribution in [0.5, 0.6) is 0 Å². The summed E-state index contributed by atoms with van der Waals surface area (Å²) in [4.78, 5) is 27.2. The summed E-state index contributed by atoms with van der Waals surface area (Å²) < 4.78 is 27.3. The first-order chi connectivity index (χ1) is 23.4. The van der Waals surface area contributed by atoms with E-state index < -0.39 is 20.7 Å². The van der Waals surface area contributed by atoms with Gasteiger partial charge >= 0.3 is 11.9 Å². The Morgan fingerprint density at radius 3 is 2.29 bits per heavy atom. The first kappa shape index (κ1) is 39.4. The summed E-state index contributed by atoms with van der Waals surface area (Å²) in [5.74, 6) is 1.91. The summed E-state index contributed by atoms with van der Waals surface area (Å²) in [7, 11) is -3.29. The molecule has 1 aliphatic heterocycles. The van der Waals surface area contributed by atoms with Crippen molar-refractivity contribution in [2.24, 2.45) is 56.7 Å². The van der Waals surface area contributed by atoms with Crippen molar-refractivity contribution in [3.63, 3.8) is 0 Å². The molecule has 6 aliphatic rings. The average Bonchev–Trinajstić information content (AvgIpc) is 3.39. The summed E-state index contributed by atoms with van der Waals surface area (Å²) >= 11 is 0. The molecule has 0 radical (unpaired) electrons. The van der Waals surface area contributed by atoms with Crippen molar-refractivity contribution in [2.75, 3.05) is 38.2 Å². The van der Waals surface area contributed by atoms with Gasteiger partial charge in [-0.15, -0.1) is 0 Å². The summed E-state index contributed by atoms with van der Waals surface area (Å²) in [5.41, 5.74) is 0.787. The van der Waals surface area contributed by atoms with Crippen molar-refractivity contribution >= 4 is 26.6 Å². The molecule has 1 heterocycles. The molecule has 0 saturated heterocycles. The highest BCUT2D eigenvalue weighted by Gasteiger charge is 2.71. The highest BCUT2D eigenvalue weighted by atomic mass is 32.3. The number of carboxylic acid groups (broad SMARTS) is 1. The van der Waals surface area contributed by atoms with Crippen LogP contribution in [0.15, 0.2) is 12.2 Å². The molecular formula is C42H72N2O6S. The minimum atomic E-state index is -3.29. The van der Waals surface area contributed by atoms with E-state index in [0.29, 0.717) is 41.9 Å². The second-order valence-corrected chi connectivity index (χ2v) is 24.7. The van der Waals surface area contributed by atoms with Crippen molar-refractivity contribution in [1.82, 2.24) is 10.2 Å². The van der Waals surface area contributed by atoms with Crippen LogP contribution in [0.3, 0.4) is 0 Å². The Hall–Kier alpha value is -1.26. The molecule has 5 aliphatic carbocycles. The van der Waals surface area contributed by atoms with Gasteiger partial charge in [0.05, 0.1) is 11.8 Å². The number of aliphatic carboxylic acids is 1. The van der Waals surface area contributed by atoms with Crippen LogP contribution in [-0.4, -0.2) is 86.2 Å². The molecule has 5 fully saturated rings. The lowest BCUT2D eigenvalue weighted by molar-refractivity contribution is -0.246. The summed E-state index contributed by atoms with van der Waals surface area (Å²) in [6, 6.07) is 0. The number of carbonyl (C=O) groups excluding carboxylic acids is 1. The van der Waals surface area contributed by atoms with Crippen LogP contribution >= 0.6 is 9.31 Å². The quantitative estimate of drug-likeness (QED) is 0.106. The molecular weight excluding hydrogens is 661 g/mol. The third kappa shape index (κ3) is 6.53. The van der Waals surface area contributed by atoms with Crippen LogP contribution in [0, 0.1) is 56.7 Å². The molecule has 5 saturated carbocycles. The largest absolute Gasteiger partial charge is 0.481 e. The molecule has 8 nitrogen and oxygen atoms in total. The molecule has 0 amide bonds. The van der Waals surface area contributed by atoms with Crippen molar-refractivity contribution in [3.05, 3.63) is 12.2 Å². The summed E-state index contributed by atoms with van der Waals surface area (Å²) in [6.45, 7) is 25.8. The van der Waals surface area contributed by atoms with Gasteiger partial charge in [0.25, 0.3) is 0 Å². The van der Waals surface area contributed by atoms with E-state index in [2.05, 4.69) is 58.3 Å². The zero-order valence-electron chi connectivity index (χ0n) is 33.5. The number of nitrogens with zero attached hydrogens (tertiary/aromatic N) is 1. The molecule has 4 N–H and O–H groups in total. The van der Waals surface area contributed by atoms with Crippen LogP contribution in [0.4, 0.5) is 0 Å². The first-order valence-corrected chi connectivity index (χ1v) is 22.8. The molecule has 0 spiro atoms. The number of fused-ring (bicyclic) bond motifs is 7. The molecule has 0 aromatic heterocycles. The number of rotatable bonds is 9. The van der Waals surface area contributed by atoms with Crippen LogP contribution < -0.4 is 5.32 Å². The number of ether oxygens (including phenoxy) is 1. The van der Waals surface area contributed by atoms with Gasteiger partial charge in [0.15, 0.2) is 0 Å². The normalized spacial score (nSPS) is 45.0. The molecule has 0 bridgehead atoms. The maximum atomic E-state index is 13.1. The van der Waals surface area contributed by atoms with Crippen LogP contribution in [0.1, 0.15) is 126 Å². The van der Waals surface area contributed by atoms with Crippen molar-refractivity contribution < 1.29 is 28.5 Å². The predicted molar refractivity (Wildman–Crippen MR) is 209 cm³/mol. The van der Waals surface area contributed by atoms with Gasteiger partial charge in [0, 0.05) is 49.1 Å². The number of carbonyl (C=O) groups is 2. The van der Waals surface area contributed by atoms with Gasteiger partial charge < -0.3 is 24.3 Å². The third-order valence-electron chi connectivity index (χ3n) is 17.0. The van der Waals surface area contributed by atoms with Crippen molar-refractivity contribution in [3.8, 4) is 0 Å². The van der Waals surface area contributed by atoms with Gasteiger partial charge in [0.1, 0.15) is 6.10 Å². The maximum absolute atomic E-state index is 13.1. The van der Waals surface area contributed by atoms with Gasteiger partial charge in [-0.3, -0.25) is 14.5 Å². The Bertz CT molecular complexity index is 1490. The highest BCUT2D eigenvalue weighted by molar-refractivity contribution is 8.38. The Morgan fingerprint density at radius 1 is 0.961 bits per heavy atom. The molecule has 0 unspecified atom stereocenters. The monoisotopic (exact) mass is 733 g/mol. The number of carboxylic acids is 1. The molecule has 0 aromatic carbocycles. The second-order valence-electron chi connectivity index (χ2n) is 20.8. The van der Waals surface area contributed by atoms with Gasteiger partial charge in [-0.05, 0) is 136 Å². The van der Waals surface area contributed by atoms with Crippen LogP contribution in [0.2, 0.25) is 0 Å². The van der Waals surface area contributed by atoms with Gasteiger partial charge in [-0.2, -0.15) is 0 Å². The van der Waals surface area contributed by atoms with Crippen molar-refractivity contribution in [2.45, 2.75) is 138 Å². The smallest absolute Gasteiger partial charge is 0.309 e. The number of hydrogen-bond donors (Lipinski definition) is 4. The van der Waals surface area contributed by atoms with Crippen LogP contribution in [0.25, 0.3) is 0 Å². The minimum absolute atomic E-state index is 0.106. The number of nitrogens with one attached hydrogen (secondary N) is 1. The van der Waals surface area contributed by atoms with Gasteiger partial charge in [0.2, 0.25) is 0 Å². The average molecular weight is 733 g/mol. The molecule has 10 atom stereocenters. The number of hydrogen-bond acceptors (Lipinski definition) is 7. The summed E-state index contributed by atoms with van der Waals surface area (Å²) in [6.07, 6.45) is 12.9. The predicted octanol–water partition coefficient (Wildman–Crippen LogP) is 8.43. The van der Waals surface area contributed by atoms with E-state index in [0.717, 1.165) is 38.9 Å². The molecule has 9 heteroatoms. The lowest BCUT2D eigenvalue weighted by Crippen LogP contribution is -2.69. The van der Waals surface area contributed by atoms with E-state index in [4.69, 9.17) is 4.74 Å². The zero-order chi connectivity index (χ0) is 37.7. The Kier molecular flexibility index (Phi) is 9.77. The van der Waals surface area contributed by atoms with Crippen LogP contribution in [-0.2, 0) is 14.3 Å². The minimum Gasteiger partial charge on any atom is -0.481 e. The van der Waals surface area contributed by atoms with E-state index in [1.165, 1.54) is 50.5 Å². The molecule has 292 valence electrons. The Balaban J connectivity index is 1.20. The summed E-state index contributed by atoms with van der Waals surface area (Å²) in [5, 5.41) is 15.6. The zero-order valence-corrected chi connectivity index (χ0v) is 34.3. The van der Waals surface area contributed by atoms with E-state index in [-0.39, 0.29) is 45.7 Å². The van der Waals surface area contributed by atoms with Crippen molar-refractivity contribution in [1.29, 1.82) is 0 Å². The maximum Gasteiger partial charge on any atom is 0.309 e. The Morgan fingerprint density at radius 2 is 1.67 bits per heavy atom. The highest BCUT2D eigenvalue weighted by Crippen LogP contribution is 2.76. The van der Waals surface area contributed by atoms with E-state index >= 15 is 0 Å². The molecule has 0 aromatic rings. The lowest BCUT2D eigenvalue weighted by atomic mass is 9.32. The van der Waals surface area contributed by atoms with Gasteiger partial charge in [-0.25, -0.2) is 9.31 Å². The fourth-order valence-corrected chi connectivity index (χ4v) is 15.2. The van der Waals surface area contributed by atoms with Gasteiger partial charge in [-0.1, -0.05) is 46.8 Å². The SMILES string of the molecule is C=C(C)[C@@H]1CC[C@]2(NCCN3CC=S(C)(O)(O)CC3)CC[C@]3(C)[C@H](CC[C@@H]4[C@@]5(C)CC[C@H](OC(=O)CC(C)(C)C(=O)O)C(C)(C)[C@@H]5CC[C@]43C)[C@@H]12. The second kappa shape index (κ2) is 12.6. The van der Waals surface area contributed by atoms with E-state index in [1.807, 2.05) is 0 Å². The topological polar surface area (TPSA) is 119 Å². The Labute approximate surface area is 309 Å². The fraction of sp³-hybridized carbons (Fsp3) is 0.881. The molecule has 6 rings (SSSR count). The number of allylic oxidation sites excluding steroid dienone is 1. The number of esters is 1. The standard InChI is InChI=1S/C42H72N2O6S/c1-28(2)29-13-18-42(43-21-22-44-23-25-51(10,48,49)26-24-44)20-19-40(8)30(35(29)42)11-12-32-39(7)16-15-33(50-34(45)27-37(3,4)36(46)47)38(5,6)31(39)14-17-41(32,40)9/h25,29-33,35,43,48-49H,1,11-24,26-27H2,2-10H3,(H,46,47)/t29-,30+,31-,32+,33-,35+,39-,40+,41+,42-/m0/s1. The lowest BCUT2D eigenvalue weighted by Gasteiger charge is -2.73.